The van der Waals surface area contributed by atoms with E-state index in [9.17, 15) is 9.59 Å². The van der Waals surface area contributed by atoms with Crippen LogP contribution >= 0.6 is 0 Å². The molecule has 0 radical (unpaired) electrons. The fourth-order valence-electron chi connectivity index (χ4n) is 2.89. The van der Waals surface area contributed by atoms with E-state index < -0.39 is 0 Å². The third-order valence-electron chi connectivity index (χ3n) is 4.51. The molecule has 2 rings (SSSR count). The van der Waals surface area contributed by atoms with Crippen LogP contribution < -0.4 is 15.0 Å². The van der Waals surface area contributed by atoms with Gasteiger partial charge in [-0.2, -0.15) is 0 Å². The number of rotatable bonds is 6. The summed E-state index contributed by atoms with van der Waals surface area (Å²) in [5.74, 6) is 0.802. The summed E-state index contributed by atoms with van der Waals surface area (Å²) < 4.78 is 5.17. The molecule has 0 aliphatic carbocycles. The molecule has 1 aliphatic heterocycles. The van der Waals surface area contributed by atoms with Crippen molar-refractivity contribution in [3.05, 3.63) is 24.3 Å². The third-order valence-corrected chi connectivity index (χ3v) is 4.51. The molecule has 7 nitrogen and oxygen atoms in total. The topological polar surface area (TPSA) is 65.1 Å². The molecule has 1 fully saturated rings. The fraction of sp³-hybridized carbons (Fsp3) is 0.556. The van der Waals surface area contributed by atoms with Crippen molar-refractivity contribution in [3.63, 3.8) is 0 Å². The number of ether oxygens (including phenoxy) is 1. The molecule has 1 aromatic carbocycles. The van der Waals surface area contributed by atoms with E-state index >= 15 is 0 Å². The first-order valence-electron chi connectivity index (χ1n) is 8.78. The number of nitrogens with one attached hydrogen (secondary N) is 1. The Kier molecular flexibility index (Phi) is 6.91. The highest BCUT2D eigenvalue weighted by Gasteiger charge is 2.22. The molecule has 1 heterocycles. The number of hydrogen-bond donors (Lipinski definition) is 1. The quantitative estimate of drug-likeness (QED) is 0.844. The van der Waals surface area contributed by atoms with Crippen molar-refractivity contribution in [1.82, 2.24) is 15.1 Å². The maximum atomic E-state index is 12.3. The van der Waals surface area contributed by atoms with Crippen LogP contribution in [0, 0.1) is 0 Å². The Labute approximate surface area is 149 Å². The lowest BCUT2D eigenvalue weighted by molar-refractivity contribution is -0.130. The van der Waals surface area contributed by atoms with Gasteiger partial charge in [-0.3, -0.25) is 4.79 Å². The van der Waals surface area contributed by atoms with Crippen LogP contribution in [-0.2, 0) is 4.79 Å². The number of amides is 3. The molecule has 1 N–H and O–H groups in total. The van der Waals surface area contributed by atoms with E-state index in [0.29, 0.717) is 26.2 Å². The second kappa shape index (κ2) is 9.15. The Hall–Kier alpha value is -2.44. The van der Waals surface area contributed by atoms with Crippen LogP contribution in [0.5, 0.6) is 5.75 Å². The Morgan fingerprint density at radius 1 is 1.08 bits per heavy atom. The van der Waals surface area contributed by atoms with Gasteiger partial charge in [0.2, 0.25) is 5.91 Å². The summed E-state index contributed by atoms with van der Waals surface area (Å²) in [6, 6.07) is 7.75. The number of anilines is 1. The molecular weight excluding hydrogens is 320 g/mol. The van der Waals surface area contributed by atoms with E-state index in [2.05, 4.69) is 10.2 Å². The molecule has 1 aliphatic rings. The Balaban J connectivity index is 1.78. The number of methoxy groups -OCH3 is 1. The van der Waals surface area contributed by atoms with Crippen LogP contribution in [0.1, 0.15) is 13.8 Å². The zero-order valence-corrected chi connectivity index (χ0v) is 15.3. The first kappa shape index (κ1) is 18.9. The molecule has 25 heavy (non-hydrogen) atoms. The van der Waals surface area contributed by atoms with Crippen molar-refractivity contribution in [2.24, 2.45) is 0 Å². The van der Waals surface area contributed by atoms with E-state index in [1.807, 2.05) is 43.0 Å². The molecule has 7 heteroatoms. The van der Waals surface area contributed by atoms with E-state index in [1.165, 1.54) is 0 Å². The largest absolute Gasteiger partial charge is 0.497 e. The van der Waals surface area contributed by atoms with E-state index in [0.717, 1.165) is 24.5 Å². The fourth-order valence-corrected chi connectivity index (χ4v) is 2.89. The summed E-state index contributed by atoms with van der Waals surface area (Å²) in [4.78, 5) is 29.9. The molecule has 138 valence electrons. The Bertz CT molecular complexity index is 564. The van der Waals surface area contributed by atoms with E-state index in [-0.39, 0.29) is 18.5 Å². The second-order valence-electron chi connectivity index (χ2n) is 5.90. The lowest BCUT2D eigenvalue weighted by Crippen LogP contribution is -2.52. The van der Waals surface area contributed by atoms with Gasteiger partial charge in [-0.05, 0) is 38.1 Å². The van der Waals surface area contributed by atoms with Crippen molar-refractivity contribution < 1.29 is 14.3 Å². The molecule has 1 aromatic rings. The molecule has 0 bridgehead atoms. The lowest BCUT2D eigenvalue weighted by atomic mass is 10.2. The average Bonchev–Trinajstić information content (AvgIpc) is 2.67. The van der Waals surface area contributed by atoms with Gasteiger partial charge in [-0.1, -0.05) is 0 Å². The standard InChI is InChI=1S/C18H28N4O3/c1-4-20(5-2)18(24)19-14-17(23)22-12-10-21(11-13-22)15-6-8-16(25-3)9-7-15/h6-9H,4-5,10-14H2,1-3H3,(H,19,24). The van der Waals surface area contributed by atoms with Crippen LogP contribution in [0.25, 0.3) is 0 Å². The van der Waals surface area contributed by atoms with Gasteiger partial charge in [0, 0.05) is 45.0 Å². The number of piperazine rings is 1. The van der Waals surface area contributed by atoms with Crippen molar-refractivity contribution >= 4 is 17.6 Å². The number of urea groups is 1. The molecular formula is C18H28N4O3. The normalized spacial score (nSPS) is 14.2. The van der Waals surface area contributed by atoms with Gasteiger partial charge in [0.05, 0.1) is 13.7 Å². The number of benzene rings is 1. The summed E-state index contributed by atoms with van der Waals surface area (Å²) in [6.07, 6.45) is 0. The number of nitrogens with zero attached hydrogens (tertiary/aromatic N) is 3. The summed E-state index contributed by atoms with van der Waals surface area (Å²) in [5.41, 5.74) is 1.13. The molecule has 0 aromatic heterocycles. The molecule has 0 saturated carbocycles. The summed E-state index contributed by atoms with van der Waals surface area (Å²) in [7, 11) is 1.65. The minimum atomic E-state index is -0.185. The number of carbonyl (C=O) groups is 2. The highest BCUT2D eigenvalue weighted by atomic mass is 16.5. The lowest BCUT2D eigenvalue weighted by Gasteiger charge is -2.36. The van der Waals surface area contributed by atoms with Crippen LogP contribution in [0.4, 0.5) is 10.5 Å². The zero-order chi connectivity index (χ0) is 18.2. The van der Waals surface area contributed by atoms with E-state index in [1.54, 1.807) is 12.0 Å². The molecule has 0 spiro atoms. The SMILES string of the molecule is CCN(CC)C(=O)NCC(=O)N1CCN(c2ccc(OC)cc2)CC1. The van der Waals surface area contributed by atoms with Crippen LogP contribution in [-0.4, -0.2) is 74.7 Å². The maximum Gasteiger partial charge on any atom is 0.317 e. The number of hydrogen-bond acceptors (Lipinski definition) is 4. The Morgan fingerprint density at radius 3 is 2.20 bits per heavy atom. The van der Waals surface area contributed by atoms with Gasteiger partial charge in [0.1, 0.15) is 5.75 Å². The average molecular weight is 348 g/mol. The summed E-state index contributed by atoms with van der Waals surface area (Å²) in [6.45, 7) is 8.04. The molecule has 0 unspecified atom stereocenters. The van der Waals surface area contributed by atoms with Crippen LogP contribution in [0.3, 0.4) is 0 Å². The molecule has 3 amide bonds. The van der Waals surface area contributed by atoms with Crippen molar-refractivity contribution in [1.29, 1.82) is 0 Å². The molecule has 0 atom stereocenters. The number of carbonyl (C=O) groups excluding carboxylic acids is 2. The van der Waals surface area contributed by atoms with Crippen molar-refractivity contribution in [3.8, 4) is 5.75 Å². The summed E-state index contributed by atoms with van der Waals surface area (Å²) in [5, 5.41) is 2.71. The van der Waals surface area contributed by atoms with Crippen molar-refractivity contribution in [2.45, 2.75) is 13.8 Å². The van der Waals surface area contributed by atoms with Gasteiger partial charge >= 0.3 is 6.03 Å². The highest BCUT2D eigenvalue weighted by Crippen LogP contribution is 2.20. The van der Waals surface area contributed by atoms with Gasteiger partial charge < -0.3 is 24.8 Å². The van der Waals surface area contributed by atoms with Gasteiger partial charge in [0.25, 0.3) is 0 Å². The van der Waals surface area contributed by atoms with Gasteiger partial charge in [-0.25, -0.2) is 4.79 Å². The first-order chi connectivity index (χ1) is 12.1. The van der Waals surface area contributed by atoms with Crippen molar-refractivity contribution in [2.75, 3.05) is 57.8 Å². The second-order valence-corrected chi connectivity index (χ2v) is 5.90. The smallest absolute Gasteiger partial charge is 0.317 e. The van der Waals surface area contributed by atoms with E-state index in [4.69, 9.17) is 4.74 Å². The third kappa shape index (κ3) is 5.01. The first-order valence-corrected chi connectivity index (χ1v) is 8.78. The van der Waals surface area contributed by atoms with Crippen LogP contribution in [0.15, 0.2) is 24.3 Å². The van der Waals surface area contributed by atoms with Gasteiger partial charge in [0.15, 0.2) is 0 Å². The zero-order valence-electron chi connectivity index (χ0n) is 15.3. The minimum Gasteiger partial charge on any atom is -0.497 e. The Morgan fingerprint density at radius 2 is 1.68 bits per heavy atom. The predicted molar refractivity (Wildman–Crippen MR) is 98.1 cm³/mol. The highest BCUT2D eigenvalue weighted by molar-refractivity contribution is 5.84. The monoisotopic (exact) mass is 348 g/mol. The maximum absolute atomic E-state index is 12.3. The predicted octanol–water partition coefficient (Wildman–Crippen LogP) is 1.40. The van der Waals surface area contributed by atoms with Gasteiger partial charge in [-0.15, -0.1) is 0 Å². The van der Waals surface area contributed by atoms with Crippen LogP contribution in [0.2, 0.25) is 0 Å². The minimum absolute atomic E-state index is 0.0325. The summed E-state index contributed by atoms with van der Waals surface area (Å²) >= 11 is 0. The molecule has 1 saturated heterocycles.